The molecule has 1 aromatic carbocycles. The first-order valence-corrected chi connectivity index (χ1v) is 4.81. The largest absolute Gasteiger partial charge is 0.493 e. The van der Waals surface area contributed by atoms with Crippen molar-refractivity contribution in [2.24, 2.45) is 0 Å². The zero-order valence-electron chi connectivity index (χ0n) is 7.91. The molecule has 0 saturated carbocycles. The number of benzene rings is 1. The van der Waals surface area contributed by atoms with Crippen LogP contribution in [0.25, 0.3) is 0 Å². The zero-order chi connectivity index (χ0) is 11.2. The van der Waals surface area contributed by atoms with Gasteiger partial charge in [0.25, 0.3) is 0 Å². The summed E-state index contributed by atoms with van der Waals surface area (Å²) in [6, 6.07) is 0.977. The lowest BCUT2D eigenvalue weighted by Crippen LogP contribution is -2.08. The second kappa shape index (κ2) is 3.30. The third-order valence-corrected chi connectivity index (χ3v) is 2.87. The Morgan fingerprint density at radius 2 is 2.07 bits per heavy atom. The van der Waals surface area contributed by atoms with Crippen LogP contribution in [0.15, 0.2) is 6.07 Å². The fourth-order valence-corrected chi connectivity index (χ4v) is 1.93. The highest BCUT2D eigenvalue weighted by Crippen LogP contribution is 2.43. The first-order valence-electron chi connectivity index (χ1n) is 4.43. The Kier molecular flexibility index (Phi) is 2.34. The number of rotatable bonds is 0. The number of fused-ring (bicyclic) bond motifs is 1. The fraction of sp³-hybridized carbons (Fsp3) is 0.400. The highest BCUT2D eigenvalue weighted by Gasteiger charge is 2.37. The summed E-state index contributed by atoms with van der Waals surface area (Å²) in [6.07, 6.45) is -4.07. The van der Waals surface area contributed by atoms with Crippen molar-refractivity contribution in [1.82, 2.24) is 0 Å². The first kappa shape index (κ1) is 10.6. The highest BCUT2D eigenvalue weighted by molar-refractivity contribution is 6.31. The van der Waals surface area contributed by atoms with E-state index in [1.165, 1.54) is 0 Å². The van der Waals surface area contributed by atoms with Crippen molar-refractivity contribution in [3.8, 4) is 5.75 Å². The molecule has 0 unspecified atom stereocenters. The van der Waals surface area contributed by atoms with Gasteiger partial charge in [-0.3, -0.25) is 0 Å². The van der Waals surface area contributed by atoms with Crippen LogP contribution in [0.1, 0.15) is 16.7 Å². The van der Waals surface area contributed by atoms with Crippen molar-refractivity contribution in [2.45, 2.75) is 19.5 Å². The van der Waals surface area contributed by atoms with Gasteiger partial charge in [-0.1, -0.05) is 11.6 Å². The molecule has 0 radical (unpaired) electrons. The maximum atomic E-state index is 12.6. The van der Waals surface area contributed by atoms with Crippen LogP contribution in [0, 0.1) is 6.92 Å². The lowest BCUT2D eigenvalue weighted by atomic mass is 10.0. The standard InChI is InChI=1S/C10H8ClF3O/c1-5-8(11)4-7(10(12,13)14)6-2-3-15-9(5)6/h4H,2-3H2,1H3. The molecule has 1 aromatic rings. The average Bonchev–Trinajstić information content (AvgIpc) is 2.57. The van der Waals surface area contributed by atoms with Gasteiger partial charge >= 0.3 is 6.18 Å². The molecule has 0 amide bonds. The minimum Gasteiger partial charge on any atom is -0.493 e. The van der Waals surface area contributed by atoms with Crippen molar-refractivity contribution >= 4 is 11.6 Å². The second-order valence-corrected chi connectivity index (χ2v) is 3.84. The smallest absolute Gasteiger partial charge is 0.416 e. The van der Waals surface area contributed by atoms with Crippen LogP contribution in [-0.4, -0.2) is 6.61 Å². The fourth-order valence-electron chi connectivity index (χ4n) is 1.73. The number of hydrogen-bond donors (Lipinski definition) is 0. The van der Waals surface area contributed by atoms with E-state index in [0.29, 0.717) is 24.3 Å². The van der Waals surface area contributed by atoms with Crippen LogP contribution in [-0.2, 0) is 12.6 Å². The average molecular weight is 237 g/mol. The van der Waals surface area contributed by atoms with Crippen LogP contribution in [0.5, 0.6) is 5.75 Å². The quantitative estimate of drug-likeness (QED) is 0.669. The number of ether oxygens (including phenoxy) is 1. The van der Waals surface area contributed by atoms with Crippen LogP contribution < -0.4 is 4.74 Å². The lowest BCUT2D eigenvalue weighted by molar-refractivity contribution is -0.138. The summed E-state index contributed by atoms with van der Waals surface area (Å²) in [6.45, 7) is 1.95. The van der Waals surface area contributed by atoms with Crippen molar-refractivity contribution in [3.05, 3.63) is 27.8 Å². The predicted molar refractivity (Wildman–Crippen MR) is 50.4 cm³/mol. The Balaban J connectivity index is 2.68. The van der Waals surface area contributed by atoms with E-state index in [-0.39, 0.29) is 10.6 Å². The molecule has 0 aromatic heterocycles. The predicted octanol–water partition coefficient (Wildman–Crippen LogP) is 3.60. The maximum Gasteiger partial charge on any atom is 0.416 e. The van der Waals surface area contributed by atoms with Crippen LogP contribution >= 0.6 is 11.6 Å². The van der Waals surface area contributed by atoms with Crippen LogP contribution in [0.4, 0.5) is 13.2 Å². The van der Waals surface area contributed by atoms with Gasteiger partial charge in [-0.25, -0.2) is 0 Å². The summed E-state index contributed by atoms with van der Waals surface area (Å²) in [5.74, 6) is 0.301. The monoisotopic (exact) mass is 236 g/mol. The molecule has 5 heteroatoms. The first-order chi connectivity index (χ1) is 6.91. The van der Waals surface area contributed by atoms with E-state index in [0.717, 1.165) is 6.07 Å². The molecule has 1 heterocycles. The minimum atomic E-state index is -4.37. The van der Waals surface area contributed by atoms with Gasteiger partial charge in [-0.2, -0.15) is 13.2 Å². The molecule has 2 rings (SSSR count). The lowest BCUT2D eigenvalue weighted by Gasteiger charge is -2.13. The Morgan fingerprint density at radius 1 is 1.40 bits per heavy atom. The summed E-state index contributed by atoms with van der Waals surface area (Å²) in [4.78, 5) is 0. The van der Waals surface area contributed by atoms with Gasteiger partial charge < -0.3 is 4.74 Å². The van der Waals surface area contributed by atoms with Crippen LogP contribution in [0.3, 0.4) is 0 Å². The zero-order valence-corrected chi connectivity index (χ0v) is 8.67. The van der Waals surface area contributed by atoms with E-state index in [4.69, 9.17) is 16.3 Å². The van der Waals surface area contributed by atoms with E-state index in [1.807, 2.05) is 0 Å². The van der Waals surface area contributed by atoms with E-state index < -0.39 is 11.7 Å². The topological polar surface area (TPSA) is 9.23 Å². The van der Waals surface area contributed by atoms with Crippen molar-refractivity contribution in [2.75, 3.05) is 6.61 Å². The summed E-state index contributed by atoms with van der Waals surface area (Å²) in [5.41, 5.74) is 0.132. The molecule has 1 nitrogen and oxygen atoms in total. The van der Waals surface area contributed by atoms with E-state index in [9.17, 15) is 13.2 Å². The summed E-state index contributed by atoms with van der Waals surface area (Å²) < 4.78 is 43.1. The third-order valence-electron chi connectivity index (χ3n) is 2.47. The van der Waals surface area contributed by atoms with E-state index in [2.05, 4.69) is 0 Å². The molecule has 0 saturated heterocycles. The van der Waals surface area contributed by atoms with Gasteiger partial charge in [-0.15, -0.1) is 0 Å². The molecule has 1 aliphatic rings. The van der Waals surface area contributed by atoms with Gasteiger partial charge in [0.15, 0.2) is 0 Å². The molecule has 15 heavy (non-hydrogen) atoms. The molecule has 0 fully saturated rings. The second-order valence-electron chi connectivity index (χ2n) is 3.43. The molecular formula is C10H8ClF3O. The SMILES string of the molecule is Cc1c(Cl)cc(C(F)(F)F)c2c1OCC2. The molecule has 0 bridgehead atoms. The Hall–Kier alpha value is -0.900. The molecule has 0 spiro atoms. The molecule has 82 valence electrons. The highest BCUT2D eigenvalue weighted by atomic mass is 35.5. The Bertz CT molecular complexity index is 412. The third kappa shape index (κ3) is 1.67. The van der Waals surface area contributed by atoms with Gasteiger partial charge in [0.05, 0.1) is 12.2 Å². The summed E-state index contributed by atoms with van der Waals surface area (Å²) >= 11 is 5.72. The molecule has 0 N–H and O–H groups in total. The van der Waals surface area contributed by atoms with Crippen molar-refractivity contribution in [3.63, 3.8) is 0 Å². The number of halogens is 4. The minimum absolute atomic E-state index is 0.1000. The van der Waals surface area contributed by atoms with Crippen molar-refractivity contribution in [1.29, 1.82) is 0 Å². The summed E-state index contributed by atoms with van der Waals surface area (Å²) in [7, 11) is 0. The van der Waals surface area contributed by atoms with Gasteiger partial charge in [0.2, 0.25) is 0 Å². The van der Waals surface area contributed by atoms with Gasteiger partial charge in [0, 0.05) is 22.6 Å². The van der Waals surface area contributed by atoms with Gasteiger partial charge in [0.1, 0.15) is 5.75 Å². The van der Waals surface area contributed by atoms with E-state index in [1.54, 1.807) is 6.92 Å². The molecular weight excluding hydrogens is 229 g/mol. The molecule has 0 aliphatic carbocycles. The number of hydrogen-bond acceptors (Lipinski definition) is 1. The molecule has 0 atom stereocenters. The summed E-state index contributed by atoms with van der Waals surface area (Å²) in [5, 5.41) is 0.1000. The number of alkyl halides is 3. The normalized spacial score (nSPS) is 15.0. The van der Waals surface area contributed by atoms with Crippen molar-refractivity contribution < 1.29 is 17.9 Å². The molecule has 1 aliphatic heterocycles. The Morgan fingerprint density at radius 3 is 2.67 bits per heavy atom. The van der Waals surface area contributed by atoms with Gasteiger partial charge in [-0.05, 0) is 13.0 Å². The maximum absolute atomic E-state index is 12.6. The van der Waals surface area contributed by atoms with Crippen LogP contribution in [0.2, 0.25) is 5.02 Å². The van der Waals surface area contributed by atoms with E-state index >= 15 is 0 Å². The Labute approximate surface area is 89.8 Å².